The Morgan fingerprint density at radius 3 is 2.57 bits per heavy atom. The van der Waals surface area contributed by atoms with Gasteiger partial charge in [0, 0.05) is 14.9 Å². The van der Waals surface area contributed by atoms with E-state index in [0.717, 1.165) is 26.0 Å². The van der Waals surface area contributed by atoms with Crippen LogP contribution in [-0.2, 0) is 16.9 Å². The molecule has 30 heavy (non-hydrogen) atoms. The van der Waals surface area contributed by atoms with Crippen molar-refractivity contribution in [1.82, 2.24) is 0 Å². The fraction of sp³-hybridized carbons (Fsp3) is 0.250. The predicted octanol–water partition coefficient (Wildman–Crippen LogP) is 5.44. The largest absolute Gasteiger partial charge is 0.375 e. The molecule has 1 N–H and O–H groups in total. The first kappa shape index (κ1) is 21.0. The number of anilines is 1. The molecule has 0 fully saturated rings. The van der Waals surface area contributed by atoms with Crippen molar-refractivity contribution < 1.29 is 14.7 Å². The van der Waals surface area contributed by atoms with Gasteiger partial charge in [-0.25, -0.2) is 0 Å². The smallest absolute Gasteiger partial charge is 0.264 e. The summed E-state index contributed by atoms with van der Waals surface area (Å²) in [5.74, 6) is -0.693. The van der Waals surface area contributed by atoms with E-state index in [9.17, 15) is 14.7 Å². The zero-order valence-electron chi connectivity index (χ0n) is 17.0. The fourth-order valence-electron chi connectivity index (χ4n) is 3.90. The number of hydrogen-bond acceptors (Lipinski definition) is 4. The van der Waals surface area contributed by atoms with Crippen molar-refractivity contribution in [2.75, 3.05) is 4.90 Å². The Hall–Kier alpha value is -2.28. The van der Waals surface area contributed by atoms with E-state index in [4.69, 9.17) is 0 Å². The summed E-state index contributed by atoms with van der Waals surface area (Å²) in [7, 11) is 0. The number of ketones is 1. The molecule has 1 aliphatic rings. The van der Waals surface area contributed by atoms with Crippen LogP contribution < -0.4 is 4.90 Å². The maximum Gasteiger partial charge on any atom is 0.264 e. The molecule has 154 valence electrons. The summed E-state index contributed by atoms with van der Waals surface area (Å²) in [6.07, 6.45) is -0.279. The number of fused-ring (bicyclic) bond motifs is 1. The van der Waals surface area contributed by atoms with Gasteiger partial charge >= 0.3 is 0 Å². The van der Waals surface area contributed by atoms with Crippen LogP contribution >= 0.6 is 27.3 Å². The molecule has 1 aliphatic heterocycles. The minimum absolute atomic E-state index is 0.233. The Bertz CT molecular complexity index is 1170. The Labute approximate surface area is 188 Å². The maximum absolute atomic E-state index is 13.5. The van der Waals surface area contributed by atoms with Crippen molar-refractivity contribution in [1.29, 1.82) is 0 Å². The van der Waals surface area contributed by atoms with Gasteiger partial charge in [-0.15, -0.1) is 11.3 Å². The third-order valence-electron chi connectivity index (χ3n) is 5.56. The van der Waals surface area contributed by atoms with Gasteiger partial charge in [0.05, 0.1) is 23.5 Å². The summed E-state index contributed by atoms with van der Waals surface area (Å²) in [5, 5.41) is 11.5. The Morgan fingerprint density at radius 1 is 1.10 bits per heavy atom. The standard InChI is InChI=1S/C24H22BrNO3S/c1-14-4-5-15(2)17(10-14)13-26-20-8-7-18(25)11-19(20)24(29,23(26)28)12-21(27)22-9-6-16(3)30-22/h4-11,29H,12-13H2,1-3H3/t24-/m0/s1. The number of amides is 1. The average Bonchev–Trinajstić information content (AvgIpc) is 3.21. The van der Waals surface area contributed by atoms with Crippen molar-refractivity contribution in [3.63, 3.8) is 0 Å². The molecule has 0 unspecified atom stereocenters. The lowest BCUT2D eigenvalue weighted by molar-refractivity contribution is -0.136. The summed E-state index contributed by atoms with van der Waals surface area (Å²) in [6.45, 7) is 6.29. The van der Waals surface area contributed by atoms with Crippen LogP contribution in [0.15, 0.2) is 53.0 Å². The summed E-state index contributed by atoms with van der Waals surface area (Å²) < 4.78 is 0.750. The van der Waals surface area contributed by atoms with Crippen molar-refractivity contribution in [2.24, 2.45) is 0 Å². The third-order valence-corrected chi connectivity index (χ3v) is 7.09. The highest BCUT2D eigenvalue weighted by atomic mass is 79.9. The van der Waals surface area contributed by atoms with E-state index in [1.165, 1.54) is 11.3 Å². The highest BCUT2D eigenvalue weighted by Crippen LogP contribution is 2.45. The van der Waals surface area contributed by atoms with E-state index in [1.807, 2.05) is 51.1 Å². The SMILES string of the molecule is Cc1ccc(C)c(CN2C(=O)[C@](O)(CC(=O)c3ccc(C)s3)c3cc(Br)ccc32)c1. The van der Waals surface area contributed by atoms with Crippen LogP contribution in [-0.4, -0.2) is 16.8 Å². The first-order chi connectivity index (χ1) is 14.2. The third kappa shape index (κ3) is 3.64. The van der Waals surface area contributed by atoms with E-state index in [-0.39, 0.29) is 12.2 Å². The molecule has 1 atom stereocenters. The summed E-state index contributed by atoms with van der Waals surface area (Å²) in [5.41, 5.74) is 2.42. The van der Waals surface area contributed by atoms with Crippen molar-refractivity contribution in [3.05, 3.63) is 85.0 Å². The van der Waals surface area contributed by atoms with Gasteiger partial charge in [0.15, 0.2) is 11.4 Å². The normalized spacial score (nSPS) is 18.0. The molecule has 0 aliphatic carbocycles. The summed E-state index contributed by atoms with van der Waals surface area (Å²) in [6, 6.07) is 15.1. The van der Waals surface area contributed by atoms with Gasteiger partial charge in [0.25, 0.3) is 5.91 Å². The van der Waals surface area contributed by atoms with Crippen molar-refractivity contribution in [3.8, 4) is 0 Å². The number of thiophene rings is 1. The number of rotatable bonds is 5. The molecule has 0 radical (unpaired) electrons. The van der Waals surface area contributed by atoms with Crippen molar-refractivity contribution in [2.45, 2.75) is 39.3 Å². The molecule has 3 aromatic rings. The molecule has 2 aromatic carbocycles. The Balaban J connectivity index is 1.74. The second kappa shape index (κ2) is 7.76. The zero-order chi connectivity index (χ0) is 21.6. The van der Waals surface area contributed by atoms with Crippen LogP contribution in [0.25, 0.3) is 0 Å². The molecule has 4 rings (SSSR count). The van der Waals surface area contributed by atoms with Gasteiger partial charge in [-0.2, -0.15) is 0 Å². The second-order valence-electron chi connectivity index (χ2n) is 7.85. The number of benzene rings is 2. The molecule has 0 saturated heterocycles. The lowest BCUT2D eigenvalue weighted by atomic mass is 9.89. The van der Waals surface area contributed by atoms with Gasteiger partial charge in [0.1, 0.15) is 0 Å². The number of carbonyl (C=O) groups excluding carboxylic acids is 2. The van der Waals surface area contributed by atoms with Crippen molar-refractivity contribution >= 4 is 44.6 Å². The van der Waals surface area contributed by atoms with E-state index < -0.39 is 11.5 Å². The van der Waals surface area contributed by atoms with E-state index in [0.29, 0.717) is 22.7 Å². The summed E-state index contributed by atoms with van der Waals surface area (Å²) in [4.78, 5) is 29.5. The fourth-order valence-corrected chi connectivity index (χ4v) is 5.06. The molecule has 0 bridgehead atoms. The first-order valence-corrected chi connectivity index (χ1v) is 11.3. The van der Waals surface area contributed by atoms with Crippen LogP contribution in [0, 0.1) is 20.8 Å². The molecular formula is C24H22BrNO3S. The van der Waals surface area contributed by atoms with Gasteiger partial charge in [-0.1, -0.05) is 39.7 Å². The number of halogens is 1. The van der Waals surface area contributed by atoms with Gasteiger partial charge in [-0.3, -0.25) is 9.59 Å². The first-order valence-electron chi connectivity index (χ1n) is 9.69. The van der Waals surface area contributed by atoms with E-state index >= 15 is 0 Å². The van der Waals surface area contributed by atoms with Gasteiger partial charge in [-0.05, 0) is 62.2 Å². The highest BCUT2D eigenvalue weighted by Gasteiger charge is 2.51. The zero-order valence-corrected chi connectivity index (χ0v) is 19.4. The van der Waals surface area contributed by atoms with Crippen LogP contribution in [0.2, 0.25) is 0 Å². The van der Waals surface area contributed by atoms with Crippen LogP contribution in [0.4, 0.5) is 5.69 Å². The van der Waals surface area contributed by atoms with Crippen LogP contribution in [0.5, 0.6) is 0 Å². The molecule has 6 heteroatoms. The average molecular weight is 484 g/mol. The lowest BCUT2D eigenvalue weighted by Gasteiger charge is -2.23. The second-order valence-corrected chi connectivity index (χ2v) is 10.1. The Kier molecular flexibility index (Phi) is 5.43. The molecule has 2 heterocycles. The van der Waals surface area contributed by atoms with Crippen LogP contribution in [0.3, 0.4) is 0 Å². The number of aryl methyl sites for hydroxylation is 3. The minimum atomic E-state index is -1.88. The van der Waals surface area contributed by atoms with E-state index in [1.54, 1.807) is 17.0 Å². The van der Waals surface area contributed by atoms with Crippen LogP contribution in [0.1, 0.15) is 43.2 Å². The number of aliphatic hydroxyl groups is 1. The molecular weight excluding hydrogens is 462 g/mol. The molecule has 1 aromatic heterocycles. The highest BCUT2D eigenvalue weighted by molar-refractivity contribution is 9.10. The molecule has 0 spiro atoms. The monoisotopic (exact) mass is 483 g/mol. The maximum atomic E-state index is 13.5. The van der Waals surface area contributed by atoms with E-state index in [2.05, 4.69) is 22.0 Å². The molecule has 1 amide bonds. The van der Waals surface area contributed by atoms with Gasteiger partial charge < -0.3 is 10.0 Å². The molecule has 4 nitrogen and oxygen atoms in total. The lowest BCUT2D eigenvalue weighted by Crippen LogP contribution is -2.41. The summed E-state index contributed by atoms with van der Waals surface area (Å²) >= 11 is 4.81. The van der Waals surface area contributed by atoms with Gasteiger partial charge in [0.2, 0.25) is 0 Å². The predicted molar refractivity (Wildman–Crippen MR) is 123 cm³/mol. The number of hydrogen-bond donors (Lipinski definition) is 1. The quantitative estimate of drug-likeness (QED) is 0.491. The Morgan fingerprint density at radius 2 is 1.87 bits per heavy atom. The number of nitrogens with zero attached hydrogens (tertiary/aromatic N) is 1. The number of carbonyl (C=O) groups is 2. The number of Topliss-reactive ketones (excluding diaryl/α,β-unsaturated/α-hetero) is 1. The topological polar surface area (TPSA) is 57.6 Å². The minimum Gasteiger partial charge on any atom is -0.375 e. The molecule has 0 saturated carbocycles.